The van der Waals surface area contributed by atoms with Gasteiger partial charge in [-0.1, -0.05) is 19.2 Å². The highest BCUT2D eigenvalue weighted by Gasteiger charge is 2.12. The second kappa shape index (κ2) is 26.1. The number of aliphatic hydroxyl groups excluding tert-OH is 1. The van der Waals surface area contributed by atoms with Gasteiger partial charge in [-0.25, -0.2) is 4.79 Å². The first-order valence-electron chi connectivity index (χ1n) is 12.6. The zero-order valence-electron chi connectivity index (χ0n) is 22.5. The van der Waals surface area contributed by atoms with Crippen molar-refractivity contribution in [2.45, 2.75) is 7.43 Å². The number of nitrogens with zero attached hydrogens (tertiary/aromatic N) is 2. The number of halogens is 3. The normalized spacial score (nSPS) is 15.0. The van der Waals surface area contributed by atoms with Crippen LogP contribution in [0.25, 0.3) is 0 Å². The van der Waals surface area contributed by atoms with E-state index in [1.165, 1.54) is 0 Å². The quantitative estimate of drug-likeness (QED) is 0.170. The molecule has 2 heterocycles. The summed E-state index contributed by atoms with van der Waals surface area (Å²) in [6.07, 6.45) is 0. The van der Waals surface area contributed by atoms with Crippen LogP contribution >= 0.6 is 64.1 Å². The Balaban J connectivity index is 0.000000593. The van der Waals surface area contributed by atoms with Gasteiger partial charge in [0.05, 0.1) is 38.6 Å². The molecule has 0 saturated carbocycles. The molecule has 0 aliphatic carbocycles. The minimum Gasteiger partial charge on any atom is -0.461 e. The molecule has 0 amide bonds. The van der Waals surface area contributed by atoms with Gasteiger partial charge in [-0.3, -0.25) is 14.6 Å². The first kappa shape index (κ1) is 40.6. The van der Waals surface area contributed by atoms with E-state index in [0.29, 0.717) is 17.7 Å². The molecule has 0 spiro atoms. The smallest absolute Gasteiger partial charge is 0.338 e. The third-order valence-electron chi connectivity index (χ3n) is 5.42. The maximum absolute atomic E-state index is 11.7. The van der Waals surface area contributed by atoms with Crippen molar-refractivity contribution < 1.29 is 28.9 Å². The molecule has 13 heteroatoms. The lowest BCUT2D eigenvalue weighted by Gasteiger charge is -2.26. The van der Waals surface area contributed by atoms with Gasteiger partial charge in [-0.05, 0) is 119 Å². The zero-order valence-corrected chi connectivity index (χ0v) is 29.3. The lowest BCUT2D eigenvalue weighted by atomic mass is 10.2. The number of aliphatic hydroxyl groups is 1. The highest BCUT2D eigenvalue weighted by molar-refractivity contribution is 14.1. The molecule has 2 aromatic rings. The first-order valence-corrected chi connectivity index (χ1v) is 17.5. The SMILES string of the molecule is C.CP=S.O=C(Cl)c1ccc(I)cc1.O=C(OCCN1CCOCC1)c1ccc(I)cc1.OCCN1CCOCC1. The lowest BCUT2D eigenvalue weighted by molar-refractivity contribution is 0.0195. The van der Waals surface area contributed by atoms with Crippen LogP contribution < -0.4 is 0 Å². The Labute approximate surface area is 283 Å². The predicted molar refractivity (Wildman–Crippen MR) is 187 cm³/mol. The van der Waals surface area contributed by atoms with E-state index in [1.54, 1.807) is 24.3 Å². The van der Waals surface area contributed by atoms with Gasteiger partial charge in [-0.2, -0.15) is 0 Å². The molecule has 2 aliphatic heterocycles. The number of carbonyl (C=O) groups is 2. The van der Waals surface area contributed by atoms with Crippen molar-refractivity contribution in [3.63, 3.8) is 0 Å². The van der Waals surface area contributed by atoms with E-state index in [1.807, 2.05) is 30.9 Å². The summed E-state index contributed by atoms with van der Waals surface area (Å²) >= 11 is 14.0. The van der Waals surface area contributed by atoms with Crippen LogP contribution in [0.5, 0.6) is 0 Å². The van der Waals surface area contributed by atoms with Crippen LogP contribution in [0.3, 0.4) is 0 Å². The van der Waals surface area contributed by atoms with Gasteiger partial charge in [0, 0.05) is 52.0 Å². The van der Waals surface area contributed by atoms with Crippen LogP contribution in [-0.4, -0.2) is 112 Å². The van der Waals surface area contributed by atoms with Crippen LogP contribution in [0.15, 0.2) is 48.5 Å². The van der Waals surface area contributed by atoms with E-state index in [0.717, 1.165) is 80.2 Å². The number of rotatable bonds is 7. The molecule has 2 aliphatic rings. The number of β-amino-alcohol motifs (C(OH)–C–C–N with tert-alkyl or cyclic N) is 1. The van der Waals surface area contributed by atoms with Crippen LogP contribution in [-0.2, 0) is 26.0 Å². The monoisotopic (exact) mass is 852 g/mol. The number of ether oxygens (including phenoxy) is 3. The van der Waals surface area contributed by atoms with Gasteiger partial charge in [0.2, 0.25) is 0 Å². The Morgan fingerprint density at radius 2 is 1.27 bits per heavy atom. The molecule has 1 N–H and O–H groups in total. The van der Waals surface area contributed by atoms with Crippen LogP contribution in [0, 0.1) is 7.14 Å². The summed E-state index contributed by atoms with van der Waals surface area (Å²) < 4.78 is 17.8. The van der Waals surface area contributed by atoms with E-state index in [-0.39, 0.29) is 20.0 Å². The van der Waals surface area contributed by atoms with Gasteiger partial charge in [-0.15, -0.1) is 0 Å². The van der Waals surface area contributed by atoms with Crippen molar-refractivity contribution >= 4 is 87.2 Å². The molecule has 8 nitrogen and oxygen atoms in total. The largest absolute Gasteiger partial charge is 0.461 e. The molecule has 0 bridgehead atoms. The summed E-state index contributed by atoms with van der Waals surface area (Å²) in [5, 5.41) is 8.13. The summed E-state index contributed by atoms with van der Waals surface area (Å²) in [5.41, 5.74) is 1.15. The molecule has 2 saturated heterocycles. The summed E-state index contributed by atoms with van der Waals surface area (Å²) in [7, 11) is 1.00. The van der Waals surface area contributed by atoms with E-state index in [9.17, 15) is 9.59 Å². The van der Waals surface area contributed by atoms with Crippen molar-refractivity contribution in [3.05, 3.63) is 66.8 Å². The number of hydrogen-bond acceptors (Lipinski definition) is 9. The lowest BCUT2D eigenvalue weighted by Crippen LogP contribution is -2.38. The molecule has 230 valence electrons. The third-order valence-corrected chi connectivity index (χ3v) is 7.07. The average molecular weight is 853 g/mol. The van der Waals surface area contributed by atoms with Gasteiger partial charge in [0.1, 0.15) is 6.61 Å². The molecule has 4 rings (SSSR count). The minimum absolute atomic E-state index is 0. The van der Waals surface area contributed by atoms with Crippen LogP contribution in [0.2, 0.25) is 0 Å². The second-order valence-electron chi connectivity index (χ2n) is 8.24. The number of carbonyl (C=O) groups excluding carboxylic acids is 2. The Hall–Kier alpha value is -0.350. The molecular formula is C28H40ClI2N2O6PS. The van der Waals surface area contributed by atoms with E-state index in [4.69, 9.17) is 30.9 Å². The molecular weight excluding hydrogens is 813 g/mol. The summed E-state index contributed by atoms with van der Waals surface area (Å²) in [6, 6.07) is 14.5. The van der Waals surface area contributed by atoms with Crippen molar-refractivity contribution in [2.75, 3.05) is 85.6 Å². The average Bonchev–Trinajstić information content (AvgIpc) is 2.96. The fourth-order valence-corrected chi connectivity index (χ4v) is 4.15. The van der Waals surface area contributed by atoms with Gasteiger partial charge in [0.25, 0.3) is 5.24 Å². The van der Waals surface area contributed by atoms with Crippen LogP contribution in [0.1, 0.15) is 28.1 Å². The maximum atomic E-state index is 11.7. The Morgan fingerprint density at radius 3 is 1.66 bits per heavy atom. The fraction of sp³-hybridized carbons (Fsp3) is 0.500. The van der Waals surface area contributed by atoms with Gasteiger partial charge in [0.15, 0.2) is 0 Å². The zero-order chi connectivity index (χ0) is 29.6. The highest BCUT2D eigenvalue weighted by atomic mass is 127. The minimum atomic E-state index is -0.406. The molecule has 2 fully saturated rings. The van der Waals surface area contributed by atoms with E-state index >= 15 is 0 Å². The predicted octanol–water partition coefficient (Wildman–Crippen LogP) is 5.42. The first-order chi connectivity index (χ1) is 19.3. The van der Waals surface area contributed by atoms with Gasteiger partial charge >= 0.3 is 5.97 Å². The standard InChI is InChI=1S/C13H16INO3.C7H4ClIO.C6H13NO2.CH3PS.CH4/c14-12-3-1-11(2-4-12)13(16)18-10-7-15-5-8-17-9-6-15;8-7(10)5-1-3-6(9)4-2-5;8-4-1-7-2-5-9-6-3-7;1-2-3;/h1-4H,5-10H2;1-4H;8H,1-6H2;1H3;1H4. The molecule has 0 radical (unpaired) electrons. The van der Waals surface area contributed by atoms with E-state index < -0.39 is 5.24 Å². The van der Waals surface area contributed by atoms with E-state index in [2.05, 4.69) is 66.8 Å². The number of benzene rings is 2. The van der Waals surface area contributed by atoms with Crippen molar-refractivity contribution in [3.8, 4) is 0 Å². The summed E-state index contributed by atoms with van der Waals surface area (Å²) in [5.74, 6) is -0.250. The topological polar surface area (TPSA) is 88.5 Å². The Kier molecular flexibility index (Phi) is 25.9. The Bertz CT molecular complexity index is 978. The number of esters is 1. The highest BCUT2D eigenvalue weighted by Crippen LogP contribution is 2.09. The molecule has 0 aromatic heterocycles. The number of hydrogen-bond donors (Lipinski definition) is 1. The van der Waals surface area contributed by atoms with Crippen molar-refractivity contribution in [1.82, 2.24) is 9.80 Å². The molecule has 41 heavy (non-hydrogen) atoms. The summed E-state index contributed by atoms with van der Waals surface area (Å²) in [6.45, 7) is 11.1. The third kappa shape index (κ3) is 20.3. The Morgan fingerprint density at radius 1 is 0.878 bits per heavy atom. The maximum Gasteiger partial charge on any atom is 0.338 e. The van der Waals surface area contributed by atoms with Crippen molar-refractivity contribution in [1.29, 1.82) is 0 Å². The summed E-state index contributed by atoms with van der Waals surface area (Å²) in [4.78, 5) is 26.7. The molecule has 2 aromatic carbocycles. The van der Waals surface area contributed by atoms with Crippen LogP contribution in [0.4, 0.5) is 0 Å². The van der Waals surface area contributed by atoms with Crippen molar-refractivity contribution in [2.24, 2.45) is 0 Å². The molecule has 0 unspecified atom stereocenters. The molecule has 0 atom stereocenters. The van der Waals surface area contributed by atoms with Gasteiger partial charge < -0.3 is 19.3 Å². The fourth-order valence-electron chi connectivity index (χ4n) is 3.31. The number of morpholine rings is 2. The second-order valence-corrected chi connectivity index (χ2v) is 12.5.